The summed E-state index contributed by atoms with van der Waals surface area (Å²) in [6, 6.07) is 9.90. The fourth-order valence-corrected chi connectivity index (χ4v) is 3.92. The number of aromatic nitrogens is 1. The molecule has 0 atom stereocenters. The molecule has 7 nitrogen and oxygen atoms in total. The molecule has 0 amide bonds. The molecule has 8 heteroatoms. The Kier molecular flexibility index (Phi) is 6.57. The zero-order chi connectivity index (χ0) is 23.5. The summed E-state index contributed by atoms with van der Waals surface area (Å²) in [5, 5.41) is 34.7. The van der Waals surface area contributed by atoms with Gasteiger partial charge in [0.25, 0.3) is 0 Å². The maximum atomic E-state index is 14.4. The van der Waals surface area contributed by atoms with E-state index in [2.05, 4.69) is 15.6 Å². The first-order valence-corrected chi connectivity index (χ1v) is 10.8. The van der Waals surface area contributed by atoms with Crippen LogP contribution >= 0.6 is 0 Å². The smallest absolute Gasteiger partial charge is 0.173 e. The van der Waals surface area contributed by atoms with Crippen molar-refractivity contribution in [2.24, 2.45) is 5.92 Å². The van der Waals surface area contributed by atoms with Crippen LogP contribution in [0.25, 0.3) is 0 Å². The number of hydrogen-bond donors (Lipinski definition) is 5. The van der Waals surface area contributed by atoms with Crippen molar-refractivity contribution in [1.29, 1.82) is 0 Å². The molecule has 0 fully saturated rings. The van der Waals surface area contributed by atoms with E-state index in [1.165, 1.54) is 18.3 Å². The van der Waals surface area contributed by atoms with Crippen LogP contribution in [0, 0.1) is 18.7 Å². The van der Waals surface area contributed by atoms with E-state index >= 15 is 0 Å². The van der Waals surface area contributed by atoms with Crippen LogP contribution < -0.4 is 10.6 Å². The molecule has 0 bridgehead atoms. The van der Waals surface area contributed by atoms with Gasteiger partial charge < -0.3 is 26.0 Å². The molecule has 0 unspecified atom stereocenters. The van der Waals surface area contributed by atoms with E-state index in [1.54, 1.807) is 13.0 Å². The second kappa shape index (κ2) is 9.56. The number of hydrogen-bond acceptors (Lipinski definition) is 7. The first-order chi connectivity index (χ1) is 15.9. The summed E-state index contributed by atoms with van der Waals surface area (Å²) < 4.78 is 14.4. The number of carbonyl (C=O) groups is 1. The Labute approximate surface area is 190 Å². The largest absolute Gasteiger partial charge is 0.508 e. The van der Waals surface area contributed by atoms with Crippen molar-refractivity contribution in [2.45, 2.75) is 26.2 Å². The molecule has 0 aliphatic carbocycles. The van der Waals surface area contributed by atoms with Gasteiger partial charge in [-0.05, 0) is 54.7 Å². The third kappa shape index (κ3) is 4.81. The van der Waals surface area contributed by atoms with Gasteiger partial charge in [-0.25, -0.2) is 9.37 Å². The number of fused-ring (bicyclic) bond motifs is 2. The lowest BCUT2D eigenvalue weighted by atomic mass is 9.97. The lowest BCUT2D eigenvalue weighted by Gasteiger charge is -2.15. The predicted molar refractivity (Wildman–Crippen MR) is 124 cm³/mol. The Balaban J connectivity index is 1.62. The van der Waals surface area contributed by atoms with Gasteiger partial charge in [0.1, 0.15) is 17.4 Å². The van der Waals surface area contributed by atoms with Crippen molar-refractivity contribution in [3.05, 3.63) is 70.7 Å². The lowest BCUT2D eigenvalue weighted by Crippen LogP contribution is -2.12. The zero-order valence-corrected chi connectivity index (χ0v) is 18.2. The van der Waals surface area contributed by atoms with Crippen LogP contribution in [0.5, 0.6) is 5.75 Å². The van der Waals surface area contributed by atoms with Crippen LogP contribution in [0.1, 0.15) is 33.5 Å². The number of rotatable bonds is 7. The average molecular weight is 451 g/mol. The van der Waals surface area contributed by atoms with Crippen molar-refractivity contribution in [3.63, 3.8) is 0 Å². The van der Waals surface area contributed by atoms with Crippen LogP contribution in [-0.2, 0) is 12.8 Å². The quantitative estimate of drug-likeness (QED) is 0.369. The molecular formula is C25H26FN3O4. The summed E-state index contributed by atoms with van der Waals surface area (Å²) in [5.41, 5.74) is 3.76. The first kappa shape index (κ1) is 22.7. The Bertz CT molecular complexity index is 1190. The van der Waals surface area contributed by atoms with Gasteiger partial charge in [0.2, 0.25) is 0 Å². The van der Waals surface area contributed by atoms with Crippen molar-refractivity contribution in [2.75, 3.05) is 23.8 Å². The molecule has 0 spiro atoms. The summed E-state index contributed by atoms with van der Waals surface area (Å²) in [7, 11) is 0. The van der Waals surface area contributed by atoms with Crippen LogP contribution in [0.4, 0.5) is 27.3 Å². The van der Waals surface area contributed by atoms with Crippen molar-refractivity contribution in [1.82, 2.24) is 4.98 Å². The molecule has 3 aromatic rings. The highest BCUT2D eigenvalue weighted by atomic mass is 19.1. The van der Waals surface area contributed by atoms with Gasteiger partial charge in [0.05, 0.1) is 16.9 Å². The van der Waals surface area contributed by atoms with Crippen molar-refractivity contribution in [3.8, 4) is 5.75 Å². The highest BCUT2D eigenvalue weighted by Gasteiger charge is 2.24. The Morgan fingerprint density at radius 1 is 1.15 bits per heavy atom. The number of ketones is 1. The van der Waals surface area contributed by atoms with E-state index in [0.29, 0.717) is 35.5 Å². The first-order valence-electron chi connectivity index (χ1n) is 10.8. The number of pyridine rings is 1. The summed E-state index contributed by atoms with van der Waals surface area (Å²) in [5.74, 6) is -0.569. The standard InChI is InChI=1S/C25H26FN3O4/c1-14-8-18(26)21(11-22(14)32)28-20-6-7-27-25-24(20)23(33)10-17-9-15(4-5-19(17)29-25)2-3-16(12-30)13-31/h4-9,11,16,30-32H,2-3,10,12-13H2,1H3,(H2,27,28,29). The number of aromatic hydroxyl groups is 1. The minimum absolute atomic E-state index is 0.0481. The molecule has 1 aliphatic heterocycles. The highest BCUT2D eigenvalue weighted by molar-refractivity contribution is 6.09. The summed E-state index contributed by atoms with van der Waals surface area (Å²) in [6.07, 6.45) is 2.96. The number of benzene rings is 2. The van der Waals surface area contributed by atoms with E-state index in [9.17, 15) is 24.5 Å². The number of carbonyl (C=O) groups excluding carboxylic acids is 1. The second-order valence-corrected chi connectivity index (χ2v) is 8.31. The monoisotopic (exact) mass is 451 g/mol. The maximum absolute atomic E-state index is 14.4. The van der Waals surface area contributed by atoms with Gasteiger partial charge >= 0.3 is 0 Å². The van der Waals surface area contributed by atoms with Crippen LogP contribution in [-0.4, -0.2) is 39.3 Å². The van der Waals surface area contributed by atoms with Crippen molar-refractivity contribution < 1.29 is 24.5 Å². The molecule has 1 aliphatic rings. The van der Waals surface area contributed by atoms with Crippen LogP contribution in [0.15, 0.2) is 42.6 Å². The fourth-order valence-electron chi connectivity index (χ4n) is 3.92. The SMILES string of the molecule is Cc1cc(F)c(Nc2ccnc3c2C(=O)Cc2cc(CCC(CO)CO)ccc2N3)cc1O. The van der Waals surface area contributed by atoms with E-state index < -0.39 is 5.82 Å². The number of phenolic OH excluding ortho intramolecular Hbond substituents is 1. The number of aliphatic hydroxyl groups excluding tert-OH is 2. The van der Waals surface area contributed by atoms with Crippen molar-refractivity contribution >= 4 is 28.7 Å². The number of phenols is 1. The molecule has 0 saturated heterocycles. The number of nitrogens with zero attached hydrogens (tertiary/aromatic N) is 1. The van der Waals surface area contributed by atoms with Crippen LogP contribution in [0.2, 0.25) is 0 Å². The molecule has 1 aromatic heterocycles. The molecule has 0 saturated carbocycles. The molecule has 5 N–H and O–H groups in total. The lowest BCUT2D eigenvalue weighted by molar-refractivity contribution is 0.0995. The Morgan fingerprint density at radius 2 is 1.94 bits per heavy atom. The summed E-state index contributed by atoms with van der Waals surface area (Å²) in [6.45, 7) is 1.46. The molecule has 172 valence electrons. The summed E-state index contributed by atoms with van der Waals surface area (Å²) in [4.78, 5) is 17.5. The number of aryl methyl sites for hydroxylation is 2. The number of halogens is 1. The molecule has 2 heterocycles. The normalized spacial score (nSPS) is 12.7. The van der Waals surface area contributed by atoms with E-state index in [-0.39, 0.29) is 42.8 Å². The maximum Gasteiger partial charge on any atom is 0.173 e. The van der Waals surface area contributed by atoms with E-state index in [4.69, 9.17) is 0 Å². The van der Waals surface area contributed by atoms with Gasteiger partial charge in [-0.15, -0.1) is 0 Å². The van der Waals surface area contributed by atoms with E-state index in [0.717, 1.165) is 16.8 Å². The topological polar surface area (TPSA) is 115 Å². The molecular weight excluding hydrogens is 425 g/mol. The molecule has 0 radical (unpaired) electrons. The van der Waals surface area contributed by atoms with Gasteiger partial charge in [0.15, 0.2) is 5.78 Å². The van der Waals surface area contributed by atoms with Gasteiger partial charge in [-0.3, -0.25) is 4.79 Å². The second-order valence-electron chi connectivity index (χ2n) is 8.31. The molecule has 4 rings (SSSR count). The summed E-state index contributed by atoms with van der Waals surface area (Å²) >= 11 is 0. The average Bonchev–Trinajstić information content (AvgIpc) is 2.94. The minimum atomic E-state index is -0.540. The van der Waals surface area contributed by atoms with Gasteiger partial charge in [-0.2, -0.15) is 0 Å². The third-order valence-electron chi connectivity index (χ3n) is 5.92. The number of anilines is 4. The molecule has 33 heavy (non-hydrogen) atoms. The van der Waals surface area contributed by atoms with E-state index in [1.807, 2.05) is 18.2 Å². The predicted octanol–water partition coefficient (Wildman–Crippen LogP) is 3.99. The minimum Gasteiger partial charge on any atom is -0.508 e. The van der Waals surface area contributed by atoms with Gasteiger partial charge in [-0.1, -0.05) is 12.1 Å². The highest BCUT2D eigenvalue weighted by Crippen LogP contribution is 2.35. The number of Topliss-reactive ketones (excluding diaryl/α,β-unsaturated/α-hetero) is 1. The Hall–Kier alpha value is -3.49. The Morgan fingerprint density at radius 3 is 2.70 bits per heavy atom. The number of nitrogens with one attached hydrogen (secondary N) is 2. The third-order valence-corrected chi connectivity index (χ3v) is 5.92. The zero-order valence-electron chi connectivity index (χ0n) is 18.2. The molecule has 2 aromatic carbocycles. The number of aliphatic hydroxyl groups is 2. The van der Waals surface area contributed by atoms with Gasteiger partial charge in [0, 0.05) is 43.5 Å². The van der Waals surface area contributed by atoms with Crippen LogP contribution in [0.3, 0.4) is 0 Å². The fraction of sp³-hybridized carbons (Fsp3) is 0.280.